The molecule has 10 heteroatoms. The van der Waals surface area contributed by atoms with Crippen LogP contribution in [0.15, 0.2) is 46.5 Å². The van der Waals surface area contributed by atoms with Gasteiger partial charge in [-0.05, 0) is 37.1 Å². The van der Waals surface area contributed by atoms with Gasteiger partial charge in [0.25, 0.3) is 10.0 Å². The number of alkyl halides is 1. The molecule has 1 aliphatic rings. The molecule has 1 fully saturated rings. The van der Waals surface area contributed by atoms with E-state index in [1.165, 1.54) is 18.3 Å². The molecule has 0 saturated carbocycles. The minimum atomic E-state index is -3.72. The van der Waals surface area contributed by atoms with Crippen molar-refractivity contribution in [3.63, 3.8) is 0 Å². The Morgan fingerprint density at radius 3 is 2.69 bits per heavy atom. The number of halogens is 1. The van der Waals surface area contributed by atoms with Gasteiger partial charge in [0.1, 0.15) is 5.84 Å². The maximum atomic E-state index is 12.5. The fourth-order valence-corrected chi connectivity index (χ4v) is 3.74. The summed E-state index contributed by atoms with van der Waals surface area (Å²) in [5, 5.41) is 4.26. The van der Waals surface area contributed by atoms with E-state index in [0.29, 0.717) is 24.6 Å². The molecule has 0 atom stereocenters. The minimum absolute atomic E-state index is 0.110. The molecule has 1 aliphatic heterocycles. The van der Waals surface area contributed by atoms with E-state index in [1.54, 1.807) is 23.0 Å². The lowest BCUT2D eigenvalue weighted by Gasteiger charge is -2.22. The topological polar surface area (TPSA) is 112 Å². The van der Waals surface area contributed by atoms with E-state index in [2.05, 4.69) is 14.8 Å². The molecule has 1 aromatic carbocycles. The van der Waals surface area contributed by atoms with Crippen molar-refractivity contribution in [2.75, 3.05) is 23.8 Å². The van der Waals surface area contributed by atoms with E-state index in [1.807, 2.05) is 0 Å². The molecule has 0 spiro atoms. The Labute approximate surface area is 157 Å². The standard InChI is InChI=1S/C16H20ClN5O3S/c17-9-16(18)20-12-1-3-15(4-2-12)26(23,24)21-13-10-19-22(11-13)14-5-7-25-8-6-14/h1-4,10-11,14,21H,5-9H2,(H2,18,20). The molecular formula is C16H20ClN5O3S. The van der Waals surface area contributed by atoms with E-state index < -0.39 is 10.0 Å². The lowest BCUT2D eigenvalue weighted by molar-refractivity contribution is 0.0662. The Morgan fingerprint density at radius 1 is 1.35 bits per heavy atom. The number of benzene rings is 1. The molecule has 0 unspecified atom stereocenters. The highest BCUT2D eigenvalue weighted by atomic mass is 35.5. The number of nitrogens with two attached hydrogens (primary N) is 1. The average Bonchev–Trinajstić information content (AvgIpc) is 3.10. The van der Waals surface area contributed by atoms with Crippen LogP contribution < -0.4 is 10.5 Å². The minimum Gasteiger partial charge on any atom is -0.386 e. The van der Waals surface area contributed by atoms with Crippen LogP contribution in [-0.2, 0) is 14.8 Å². The zero-order valence-electron chi connectivity index (χ0n) is 14.0. The summed E-state index contributed by atoms with van der Waals surface area (Å²) in [5.74, 6) is 0.375. The quantitative estimate of drug-likeness (QED) is 0.441. The summed E-state index contributed by atoms with van der Waals surface area (Å²) in [5.41, 5.74) is 6.52. The number of hydrogen-bond donors (Lipinski definition) is 2. The Kier molecular flexibility index (Phi) is 5.80. The van der Waals surface area contributed by atoms with Gasteiger partial charge in [-0.1, -0.05) is 0 Å². The molecule has 0 bridgehead atoms. The molecule has 1 saturated heterocycles. The van der Waals surface area contributed by atoms with Gasteiger partial charge in [-0.15, -0.1) is 11.6 Å². The van der Waals surface area contributed by atoms with Crippen molar-refractivity contribution in [1.29, 1.82) is 0 Å². The predicted molar refractivity (Wildman–Crippen MR) is 101 cm³/mol. The SMILES string of the molecule is NC(CCl)=Nc1ccc(S(=O)(=O)Nc2cnn(C3CCOCC3)c2)cc1. The van der Waals surface area contributed by atoms with Crippen LogP contribution in [0, 0.1) is 0 Å². The molecule has 0 aliphatic carbocycles. The van der Waals surface area contributed by atoms with Crippen molar-refractivity contribution in [3.8, 4) is 0 Å². The Hall–Kier alpha value is -2.10. The van der Waals surface area contributed by atoms with Crippen LogP contribution in [0.2, 0.25) is 0 Å². The second-order valence-corrected chi connectivity index (χ2v) is 7.84. The third-order valence-electron chi connectivity index (χ3n) is 3.98. The summed E-state index contributed by atoms with van der Waals surface area (Å²) >= 11 is 5.58. The van der Waals surface area contributed by atoms with Crippen molar-refractivity contribution >= 4 is 38.8 Å². The number of aromatic nitrogens is 2. The maximum Gasteiger partial charge on any atom is 0.261 e. The van der Waals surface area contributed by atoms with Crippen LogP contribution in [0.1, 0.15) is 18.9 Å². The van der Waals surface area contributed by atoms with Gasteiger partial charge < -0.3 is 10.5 Å². The van der Waals surface area contributed by atoms with Gasteiger partial charge in [0.15, 0.2) is 0 Å². The van der Waals surface area contributed by atoms with Crippen LogP contribution in [-0.4, -0.2) is 43.1 Å². The Bertz CT molecular complexity index is 874. The summed E-state index contributed by atoms with van der Waals surface area (Å²) < 4.78 is 34.7. The van der Waals surface area contributed by atoms with Crippen molar-refractivity contribution in [1.82, 2.24) is 9.78 Å². The first kappa shape index (κ1) is 18.7. The largest absolute Gasteiger partial charge is 0.386 e. The number of nitrogens with zero attached hydrogens (tertiary/aromatic N) is 3. The van der Waals surface area contributed by atoms with Crippen LogP contribution in [0.25, 0.3) is 0 Å². The Balaban J connectivity index is 1.71. The number of anilines is 1. The molecule has 2 aromatic rings. The number of amidine groups is 1. The van der Waals surface area contributed by atoms with Gasteiger partial charge >= 0.3 is 0 Å². The molecule has 1 aromatic heterocycles. The van der Waals surface area contributed by atoms with Crippen LogP contribution in [0.5, 0.6) is 0 Å². The second kappa shape index (κ2) is 8.07. The lowest BCUT2D eigenvalue weighted by atomic mass is 10.1. The summed E-state index contributed by atoms with van der Waals surface area (Å²) in [6, 6.07) is 6.29. The van der Waals surface area contributed by atoms with Gasteiger partial charge in [0, 0.05) is 19.4 Å². The van der Waals surface area contributed by atoms with E-state index in [4.69, 9.17) is 22.1 Å². The van der Waals surface area contributed by atoms with E-state index in [0.717, 1.165) is 12.8 Å². The van der Waals surface area contributed by atoms with Gasteiger partial charge in [0.2, 0.25) is 0 Å². The molecule has 3 rings (SSSR count). The van der Waals surface area contributed by atoms with E-state index >= 15 is 0 Å². The molecular weight excluding hydrogens is 378 g/mol. The first-order valence-electron chi connectivity index (χ1n) is 8.12. The highest BCUT2D eigenvalue weighted by Crippen LogP contribution is 2.23. The molecule has 0 amide bonds. The maximum absolute atomic E-state index is 12.5. The number of ether oxygens (including phenoxy) is 1. The summed E-state index contributed by atoms with van der Waals surface area (Å²) in [6.07, 6.45) is 4.93. The number of sulfonamides is 1. The average molecular weight is 398 g/mol. The highest BCUT2D eigenvalue weighted by molar-refractivity contribution is 7.92. The molecule has 0 radical (unpaired) electrons. The van der Waals surface area contributed by atoms with Crippen molar-refractivity contribution in [2.45, 2.75) is 23.8 Å². The molecule has 2 heterocycles. The van der Waals surface area contributed by atoms with Crippen molar-refractivity contribution in [3.05, 3.63) is 36.7 Å². The monoisotopic (exact) mass is 397 g/mol. The summed E-state index contributed by atoms with van der Waals surface area (Å²) in [6.45, 7) is 1.38. The van der Waals surface area contributed by atoms with E-state index in [-0.39, 0.29) is 22.7 Å². The number of aliphatic imine (C=N–C) groups is 1. The van der Waals surface area contributed by atoms with Crippen LogP contribution in [0.3, 0.4) is 0 Å². The molecule has 8 nitrogen and oxygen atoms in total. The van der Waals surface area contributed by atoms with Gasteiger partial charge in [-0.25, -0.2) is 13.4 Å². The number of rotatable bonds is 6. The van der Waals surface area contributed by atoms with Crippen molar-refractivity contribution in [2.24, 2.45) is 10.7 Å². The first-order chi connectivity index (χ1) is 12.5. The number of nitrogens with one attached hydrogen (secondary N) is 1. The third-order valence-corrected chi connectivity index (χ3v) is 5.65. The van der Waals surface area contributed by atoms with Gasteiger partial charge in [-0.2, -0.15) is 5.10 Å². The van der Waals surface area contributed by atoms with Crippen LogP contribution in [0.4, 0.5) is 11.4 Å². The highest BCUT2D eigenvalue weighted by Gasteiger charge is 2.19. The van der Waals surface area contributed by atoms with E-state index in [9.17, 15) is 8.42 Å². The zero-order valence-corrected chi connectivity index (χ0v) is 15.6. The smallest absolute Gasteiger partial charge is 0.261 e. The normalized spacial score (nSPS) is 16.6. The van der Waals surface area contributed by atoms with Gasteiger partial charge in [0.05, 0.1) is 34.4 Å². The fourth-order valence-electron chi connectivity index (χ4n) is 2.65. The summed E-state index contributed by atoms with van der Waals surface area (Å²) in [7, 11) is -3.72. The van der Waals surface area contributed by atoms with Gasteiger partial charge in [-0.3, -0.25) is 9.40 Å². The van der Waals surface area contributed by atoms with Crippen molar-refractivity contribution < 1.29 is 13.2 Å². The first-order valence-corrected chi connectivity index (χ1v) is 10.1. The fraction of sp³-hybridized carbons (Fsp3) is 0.375. The second-order valence-electron chi connectivity index (χ2n) is 5.89. The zero-order chi connectivity index (χ0) is 18.6. The molecule has 26 heavy (non-hydrogen) atoms. The predicted octanol–water partition coefficient (Wildman–Crippen LogP) is 2.26. The Morgan fingerprint density at radius 2 is 2.04 bits per heavy atom. The lowest BCUT2D eigenvalue weighted by Crippen LogP contribution is -2.19. The molecule has 140 valence electrons. The third kappa shape index (κ3) is 4.54. The van der Waals surface area contributed by atoms with Crippen LogP contribution >= 0.6 is 11.6 Å². The number of hydrogen-bond acceptors (Lipinski definition) is 5. The molecule has 3 N–H and O–H groups in total. The summed E-state index contributed by atoms with van der Waals surface area (Å²) in [4.78, 5) is 4.19.